The minimum Gasteiger partial charge on any atom is -0.454 e. The van der Waals surface area contributed by atoms with Crippen LogP contribution in [0.3, 0.4) is 0 Å². The van der Waals surface area contributed by atoms with Crippen molar-refractivity contribution in [2.45, 2.75) is 37.6 Å². The maximum Gasteiger partial charge on any atom is 0.268 e. The summed E-state index contributed by atoms with van der Waals surface area (Å²) in [6, 6.07) is 9.68. The van der Waals surface area contributed by atoms with Crippen molar-refractivity contribution < 1.29 is 19.3 Å². The maximum atomic E-state index is 13.4. The molecule has 0 saturated carbocycles. The topological polar surface area (TPSA) is 49.7 Å². The van der Waals surface area contributed by atoms with Gasteiger partial charge in [0.1, 0.15) is 11.6 Å². The van der Waals surface area contributed by atoms with Gasteiger partial charge in [-0.25, -0.2) is 4.39 Å². The molecule has 1 aliphatic carbocycles. The summed E-state index contributed by atoms with van der Waals surface area (Å²) in [4.78, 5) is 0. The van der Waals surface area contributed by atoms with Crippen LogP contribution in [-0.4, -0.2) is 10.2 Å². The number of fused-ring (bicyclic) bond motifs is 5. The van der Waals surface area contributed by atoms with Crippen LogP contribution in [0, 0.1) is 5.82 Å². The highest BCUT2D eigenvalue weighted by Gasteiger charge is 2.65. The Kier molecular flexibility index (Phi) is 2.55. The first-order valence-corrected chi connectivity index (χ1v) is 7.42. The fourth-order valence-electron chi connectivity index (χ4n) is 3.56. The first-order valence-electron chi connectivity index (χ1n) is 7.42. The molecule has 0 saturated heterocycles. The van der Waals surface area contributed by atoms with Gasteiger partial charge >= 0.3 is 0 Å². The third-order valence-electron chi connectivity index (χ3n) is 4.81. The zero-order valence-electron chi connectivity index (χ0n) is 12.4. The number of halogens is 1. The Bertz CT molecular complexity index is 786. The van der Waals surface area contributed by atoms with Crippen LogP contribution in [0.4, 0.5) is 4.39 Å². The molecule has 2 aromatic rings. The third kappa shape index (κ3) is 1.51. The van der Waals surface area contributed by atoms with Gasteiger partial charge in [-0.1, -0.05) is 26.0 Å². The lowest BCUT2D eigenvalue weighted by atomic mass is 9.87. The van der Waals surface area contributed by atoms with Crippen LogP contribution in [0.5, 0.6) is 5.75 Å². The Balaban J connectivity index is 1.89. The van der Waals surface area contributed by atoms with Crippen molar-refractivity contribution in [1.82, 2.24) is 0 Å². The Morgan fingerprint density at radius 2 is 1.82 bits per heavy atom. The van der Waals surface area contributed by atoms with Gasteiger partial charge in [0, 0.05) is 17.5 Å². The van der Waals surface area contributed by atoms with E-state index >= 15 is 0 Å². The molecule has 2 unspecified atom stereocenters. The van der Waals surface area contributed by atoms with E-state index in [1.807, 2.05) is 12.1 Å². The Morgan fingerprint density at radius 1 is 1.09 bits per heavy atom. The van der Waals surface area contributed by atoms with Crippen molar-refractivity contribution in [1.29, 1.82) is 0 Å². The molecular formula is C18H17FO3. The molecule has 2 aromatic carbocycles. The molecule has 114 valence electrons. The molecule has 1 aliphatic heterocycles. The van der Waals surface area contributed by atoms with Crippen molar-refractivity contribution in [2.24, 2.45) is 0 Å². The Hall–Kier alpha value is -1.91. The summed E-state index contributed by atoms with van der Waals surface area (Å²) in [6.07, 6.45) is 0.130. The highest BCUT2D eigenvalue weighted by molar-refractivity contribution is 5.55. The summed E-state index contributed by atoms with van der Waals surface area (Å²) in [5.74, 6) is -1.43. The molecule has 2 atom stereocenters. The molecule has 0 fully saturated rings. The van der Waals surface area contributed by atoms with Gasteiger partial charge in [0.15, 0.2) is 5.60 Å². The molecule has 4 heteroatoms. The van der Waals surface area contributed by atoms with E-state index in [9.17, 15) is 14.6 Å². The van der Waals surface area contributed by atoms with Gasteiger partial charge in [0.05, 0.1) is 0 Å². The Morgan fingerprint density at radius 3 is 2.55 bits per heavy atom. The van der Waals surface area contributed by atoms with Gasteiger partial charge in [-0.3, -0.25) is 0 Å². The second-order valence-corrected chi connectivity index (χ2v) is 6.49. The average Bonchev–Trinajstić information content (AvgIpc) is 2.79. The van der Waals surface area contributed by atoms with E-state index in [1.165, 1.54) is 18.2 Å². The third-order valence-corrected chi connectivity index (χ3v) is 4.81. The number of hydrogen-bond acceptors (Lipinski definition) is 3. The monoisotopic (exact) mass is 300 g/mol. The van der Waals surface area contributed by atoms with Crippen molar-refractivity contribution >= 4 is 0 Å². The number of aliphatic hydroxyl groups is 2. The fraction of sp³-hybridized carbons (Fsp3) is 0.333. The molecule has 0 aromatic heterocycles. The smallest absolute Gasteiger partial charge is 0.268 e. The second kappa shape index (κ2) is 4.09. The quantitative estimate of drug-likeness (QED) is 0.851. The highest BCUT2D eigenvalue weighted by atomic mass is 19.1. The lowest BCUT2D eigenvalue weighted by Crippen LogP contribution is -2.45. The van der Waals surface area contributed by atoms with E-state index in [0.717, 1.165) is 5.56 Å². The number of hydrogen-bond donors (Lipinski definition) is 2. The normalized spacial score (nSPS) is 28.3. The summed E-state index contributed by atoms with van der Waals surface area (Å²) < 4.78 is 19.2. The van der Waals surface area contributed by atoms with Crippen LogP contribution in [0.25, 0.3) is 0 Å². The molecule has 1 heterocycles. The van der Waals surface area contributed by atoms with Gasteiger partial charge in [-0.05, 0) is 41.3 Å². The standard InChI is InChI=1S/C18H17FO3/c1-10(2)11-3-5-15-16(8-11)22-18(21)14-6-4-13(19)7-12(14)9-17(15,18)20/h3-8,10,20-21H,9H2,1-2H3. The molecule has 0 amide bonds. The lowest BCUT2D eigenvalue weighted by Gasteiger charge is -2.30. The Labute approximate surface area is 128 Å². The van der Waals surface area contributed by atoms with E-state index in [2.05, 4.69) is 13.8 Å². The van der Waals surface area contributed by atoms with E-state index in [0.29, 0.717) is 28.4 Å². The van der Waals surface area contributed by atoms with E-state index in [1.54, 1.807) is 6.07 Å². The van der Waals surface area contributed by atoms with Gasteiger partial charge in [0.2, 0.25) is 0 Å². The molecule has 0 radical (unpaired) electrons. The van der Waals surface area contributed by atoms with Crippen LogP contribution in [0.1, 0.15) is 42.0 Å². The van der Waals surface area contributed by atoms with E-state index in [-0.39, 0.29) is 12.2 Å². The molecular weight excluding hydrogens is 283 g/mol. The summed E-state index contributed by atoms with van der Waals surface area (Å²) >= 11 is 0. The van der Waals surface area contributed by atoms with Crippen LogP contribution in [0.2, 0.25) is 0 Å². The summed E-state index contributed by atoms with van der Waals surface area (Å²) in [7, 11) is 0. The first kappa shape index (κ1) is 13.7. The molecule has 2 aliphatic rings. The maximum absolute atomic E-state index is 13.4. The van der Waals surface area contributed by atoms with Crippen molar-refractivity contribution in [3.63, 3.8) is 0 Å². The van der Waals surface area contributed by atoms with Gasteiger partial charge in [-0.2, -0.15) is 0 Å². The largest absolute Gasteiger partial charge is 0.454 e. The van der Waals surface area contributed by atoms with Crippen molar-refractivity contribution in [2.75, 3.05) is 0 Å². The van der Waals surface area contributed by atoms with Gasteiger partial charge in [0.25, 0.3) is 5.79 Å². The van der Waals surface area contributed by atoms with Crippen molar-refractivity contribution in [3.05, 3.63) is 64.5 Å². The highest BCUT2D eigenvalue weighted by Crippen LogP contribution is 2.58. The SMILES string of the molecule is CC(C)c1ccc2c(c1)OC1(O)c3ccc(F)cc3CC21O. The van der Waals surface area contributed by atoms with Crippen LogP contribution < -0.4 is 4.74 Å². The minimum absolute atomic E-state index is 0.130. The number of rotatable bonds is 1. The van der Waals surface area contributed by atoms with Crippen LogP contribution in [0.15, 0.2) is 36.4 Å². The first-order chi connectivity index (χ1) is 10.3. The predicted molar refractivity (Wildman–Crippen MR) is 79.1 cm³/mol. The van der Waals surface area contributed by atoms with Crippen LogP contribution in [-0.2, 0) is 17.8 Å². The molecule has 22 heavy (non-hydrogen) atoms. The summed E-state index contributed by atoms with van der Waals surface area (Å²) in [5.41, 5.74) is 1.05. The van der Waals surface area contributed by atoms with Crippen molar-refractivity contribution in [3.8, 4) is 5.75 Å². The van der Waals surface area contributed by atoms with Gasteiger partial charge < -0.3 is 14.9 Å². The van der Waals surface area contributed by atoms with E-state index < -0.39 is 11.4 Å². The fourth-order valence-corrected chi connectivity index (χ4v) is 3.56. The molecule has 3 nitrogen and oxygen atoms in total. The molecule has 4 rings (SSSR count). The molecule has 2 N–H and O–H groups in total. The average molecular weight is 300 g/mol. The summed E-state index contributed by atoms with van der Waals surface area (Å²) in [6.45, 7) is 4.14. The van der Waals surface area contributed by atoms with Crippen LogP contribution >= 0.6 is 0 Å². The molecule has 0 bridgehead atoms. The predicted octanol–water partition coefficient (Wildman–Crippen LogP) is 2.93. The lowest BCUT2D eigenvalue weighted by molar-refractivity contribution is -0.242. The zero-order chi connectivity index (χ0) is 15.7. The number of benzene rings is 2. The molecule has 0 spiro atoms. The summed E-state index contributed by atoms with van der Waals surface area (Å²) in [5, 5.41) is 22.1. The number of ether oxygens (including phenoxy) is 1. The van der Waals surface area contributed by atoms with Gasteiger partial charge in [-0.15, -0.1) is 0 Å². The van der Waals surface area contributed by atoms with E-state index in [4.69, 9.17) is 4.74 Å². The second-order valence-electron chi connectivity index (χ2n) is 6.49. The minimum atomic E-state index is -1.85. The zero-order valence-corrected chi connectivity index (χ0v) is 12.4.